The fourth-order valence-corrected chi connectivity index (χ4v) is 1.38. The van der Waals surface area contributed by atoms with Gasteiger partial charge in [0.25, 0.3) is 0 Å². The van der Waals surface area contributed by atoms with Crippen molar-refractivity contribution < 1.29 is 0 Å². The highest BCUT2D eigenvalue weighted by Crippen LogP contribution is 2.07. The molecular formula is C12H16N2. The SMILES string of the molecule is C=CC(C(=N)c1ccccc1)N(C)C. The molecule has 0 aliphatic rings. The summed E-state index contributed by atoms with van der Waals surface area (Å²) in [5.41, 5.74) is 1.54. The summed E-state index contributed by atoms with van der Waals surface area (Å²) in [6.45, 7) is 3.75. The zero-order chi connectivity index (χ0) is 10.6. The maximum absolute atomic E-state index is 8.00. The van der Waals surface area contributed by atoms with E-state index in [1.54, 1.807) is 6.08 Å². The van der Waals surface area contributed by atoms with Crippen LogP contribution in [0.15, 0.2) is 43.0 Å². The van der Waals surface area contributed by atoms with Gasteiger partial charge in [0.05, 0.1) is 11.8 Å². The fraction of sp³-hybridized carbons (Fsp3) is 0.250. The van der Waals surface area contributed by atoms with Gasteiger partial charge >= 0.3 is 0 Å². The first-order chi connectivity index (χ1) is 6.66. The van der Waals surface area contributed by atoms with Crippen molar-refractivity contribution in [1.82, 2.24) is 4.90 Å². The van der Waals surface area contributed by atoms with Gasteiger partial charge in [-0.25, -0.2) is 0 Å². The van der Waals surface area contributed by atoms with Gasteiger partial charge in [-0.05, 0) is 19.7 Å². The van der Waals surface area contributed by atoms with E-state index < -0.39 is 0 Å². The van der Waals surface area contributed by atoms with Crippen LogP contribution in [0.5, 0.6) is 0 Å². The Morgan fingerprint density at radius 2 is 1.93 bits per heavy atom. The van der Waals surface area contributed by atoms with Gasteiger partial charge < -0.3 is 5.41 Å². The summed E-state index contributed by atoms with van der Waals surface area (Å²) in [6.07, 6.45) is 1.79. The molecule has 0 aromatic heterocycles. The van der Waals surface area contributed by atoms with E-state index in [4.69, 9.17) is 5.41 Å². The average Bonchev–Trinajstić information content (AvgIpc) is 2.19. The molecule has 0 saturated carbocycles. The summed E-state index contributed by atoms with van der Waals surface area (Å²) in [5, 5.41) is 8.00. The highest BCUT2D eigenvalue weighted by molar-refractivity contribution is 6.03. The third-order valence-corrected chi connectivity index (χ3v) is 2.16. The Kier molecular flexibility index (Phi) is 3.60. The average molecular weight is 188 g/mol. The standard InChI is InChI=1S/C12H16N2/c1-4-11(14(2)3)12(13)10-8-6-5-7-9-10/h4-9,11,13H,1H2,2-3H3. The van der Waals surface area contributed by atoms with Crippen molar-refractivity contribution in [3.63, 3.8) is 0 Å². The number of nitrogens with zero attached hydrogens (tertiary/aromatic N) is 1. The third-order valence-electron chi connectivity index (χ3n) is 2.16. The molecule has 14 heavy (non-hydrogen) atoms. The van der Waals surface area contributed by atoms with Crippen molar-refractivity contribution in [3.8, 4) is 0 Å². The lowest BCUT2D eigenvalue weighted by atomic mass is 10.0. The lowest BCUT2D eigenvalue weighted by molar-refractivity contribution is 0.408. The summed E-state index contributed by atoms with van der Waals surface area (Å²) in [6, 6.07) is 9.72. The van der Waals surface area contributed by atoms with Crippen molar-refractivity contribution in [2.24, 2.45) is 0 Å². The van der Waals surface area contributed by atoms with Crippen LogP contribution >= 0.6 is 0 Å². The summed E-state index contributed by atoms with van der Waals surface area (Å²) in [4.78, 5) is 1.97. The van der Waals surface area contributed by atoms with E-state index in [1.807, 2.05) is 49.3 Å². The zero-order valence-corrected chi connectivity index (χ0v) is 8.70. The van der Waals surface area contributed by atoms with Gasteiger partial charge in [-0.15, -0.1) is 6.58 Å². The number of benzene rings is 1. The largest absolute Gasteiger partial charge is 0.303 e. The lowest BCUT2D eigenvalue weighted by Gasteiger charge is -2.21. The highest BCUT2D eigenvalue weighted by Gasteiger charge is 2.13. The van der Waals surface area contributed by atoms with E-state index in [1.165, 1.54) is 0 Å². The maximum atomic E-state index is 8.00. The summed E-state index contributed by atoms with van der Waals surface area (Å²) >= 11 is 0. The first-order valence-corrected chi connectivity index (χ1v) is 4.59. The van der Waals surface area contributed by atoms with Crippen LogP contribution in [-0.4, -0.2) is 30.7 Å². The van der Waals surface area contributed by atoms with Crippen LogP contribution < -0.4 is 0 Å². The van der Waals surface area contributed by atoms with Crippen LogP contribution in [0.4, 0.5) is 0 Å². The van der Waals surface area contributed by atoms with Crippen LogP contribution in [0.25, 0.3) is 0 Å². The Bertz CT molecular complexity index is 314. The Hall–Kier alpha value is -1.41. The third kappa shape index (κ3) is 2.30. The number of rotatable bonds is 4. The Balaban J connectivity index is 2.89. The van der Waals surface area contributed by atoms with Crippen molar-refractivity contribution in [3.05, 3.63) is 48.6 Å². The predicted octanol–water partition coefficient (Wildman–Crippen LogP) is 2.17. The normalized spacial score (nSPS) is 12.5. The molecule has 2 nitrogen and oxygen atoms in total. The summed E-state index contributed by atoms with van der Waals surface area (Å²) < 4.78 is 0. The Labute approximate surface area is 85.4 Å². The van der Waals surface area contributed by atoms with E-state index in [-0.39, 0.29) is 6.04 Å². The molecule has 0 spiro atoms. The smallest absolute Gasteiger partial charge is 0.0697 e. The van der Waals surface area contributed by atoms with Crippen LogP contribution in [0.1, 0.15) is 5.56 Å². The molecule has 0 aliphatic carbocycles. The number of nitrogens with one attached hydrogen (secondary N) is 1. The zero-order valence-electron chi connectivity index (χ0n) is 8.70. The van der Waals surface area contributed by atoms with E-state index >= 15 is 0 Å². The molecule has 1 atom stereocenters. The Morgan fingerprint density at radius 3 is 2.36 bits per heavy atom. The van der Waals surface area contributed by atoms with Crippen LogP contribution in [0.2, 0.25) is 0 Å². The summed E-state index contributed by atoms with van der Waals surface area (Å²) in [5.74, 6) is 0. The van der Waals surface area contributed by atoms with E-state index in [2.05, 4.69) is 6.58 Å². The summed E-state index contributed by atoms with van der Waals surface area (Å²) in [7, 11) is 3.90. The molecule has 0 aliphatic heterocycles. The van der Waals surface area contributed by atoms with Gasteiger partial charge in [-0.1, -0.05) is 36.4 Å². The fourth-order valence-electron chi connectivity index (χ4n) is 1.38. The topological polar surface area (TPSA) is 27.1 Å². The monoisotopic (exact) mass is 188 g/mol. The molecule has 1 unspecified atom stereocenters. The number of hydrogen-bond acceptors (Lipinski definition) is 2. The maximum Gasteiger partial charge on any atom is 0.0697 e. The molecule has 0 heterocycles. The first kappa shape index (κ1) is 10.7. The Morgan fingerprint density at radius 1 is 1.36 bits per heavy atom. The van der Waals surface area contributed by atoms with E-state index in [0.29, 0.717) is 5.71 Å². The van der Waals surface area contributed by atoms with Crippen molar-refractivity contribution in [2.75, 3.05) is 14.1 Å². The van der Waals surface area contributed by atoms with Gasteiger partial charge in [-0.2, -0.15) is 0 Å². The van der Waals surface area contributed by atoms with Crippen molar-refractivity contribution >= 4 is 5.71 Å². The minimum absolute atomic E-state index is 0.0163. The molecule has 74 valence electrons. The molecule has 1 aromatic carbocycles. The predicted molar refractivity (Wildman–Crippen MR) is 60.9 cm³/mol. The molecule has 0 radical (unpaired) electrons. The molecule has 1 N–H and O–H groups in total. The lowest BCUT2D eigenvalue weighted by Crippen LogP contribution is -2.33. The molecule has 0 bridgehead atoms. The second kappa shape index (κ2) is 4.72. The van der Waals surface area contributed by atoms with Gasteiger partial charge in [0.15, 0.2) is 0 Å². The van der Waals surface area contributed by atoms with Gasteiger partial charge in [0.1, 0.15) is 0 Å². The van der Waals surface area contributed by atoms with Crippen LogP contribution in [0.3, 0.4) is 0 Å². The van der Waals surface area contributed by atoms with Crippen molar-refractivity contribution in [1.29, 1.82) is 5.41 Å². The second-order valence-corrected chi connectivity index (χ2v) is 3.42. The van der Waals surface area contributed by atoms with Crippen molar-refractivity contribution in [2.45, 2.75) is 6.04 Å². The molecule has 0 fully saturated rings. The van der Waals surface area contributed by atoms with Gasteiger partial charge in [-0.3, -0.25) is 4.90 Å². The quantitative estimate of drug-likeness (QED) is 0.569. The van der Waals surface area contributed by atoms with Crippen LogP contribution in [-0.2, 0) is 0 Å². The minimum Gasteiger partial charge on any atom is -0.303 e. The molecule has 1 aromatic rings. The highest BCUT2D eigenvalue weighted by atomic mass is 15.1. The molecular weight excluding hydrogens is 172 g/mol. The minimum atomic E-state index is -0.0163. The number of likely N-dealkylation sites (N-methyl/N-ethyl adjacent to an activating group) is 1. The molecule has 2 heteroatoms. The van der Waals surface area contributed by atoms with Crippen LogP contribution in [0, 0.1) is 5.41 Å². The molecule has 0 amide bonds. The molecule has 1 rings (SSSR count). The molecule has 0 saturated heterocycles. The first-order valence-electron chi connectivity index (χ1n) is 4.59. The second-order valence-electron chi connectivity index (χ2n) is 3.42. The van der Waals surface area contributed by atoms with E-state index in [9.17, 15) is 0 Å². The van der Waals surface area contributed by atoms with E-state index in [0.717, 1.165) is 5.56 Å². The number of hydrogen-bond donors (Lipinski definition) is 1. The van der Waals surface area contributed by atoms with Gasteiger partial charge in [0.2, 0.25) is 0 Å². The van der Waals surface area contributed by atoms with Gasteiger partial charge in [0, 0.05) is 0 Å².